The summed E-state index contributed by atoms with van der Waals surface area (Å²) < 4.78 is 0. The second-order valence-corrected chi connectivity index (χ2v) is 3.64. The SMILES string of the molecule is CCCC(CC)[C@H](C)[CH2][Al]. The molecule has 0 aromatic carbocycles. The van der Waals surface area contributed by atoms with Gasteiger partial charge in [-0.3, -0.25) is 0 Å². The number of rotatable bonds is 5. The molecule has 0 aromatic heterocycles. The van der Waals surface area contributed by atoms with Crippen LogP contribution in [0.3, 0.4) is 0 Å². The molecular weight excluding hydrogens is 135 g/mol. The van der Waals surface area contributed by atoms with Gasteiger partial charge in [0.1, 0.15) is 16.3 Å². The Morgan fingerprint density at radius 2 is 1.90 bits per heavy atom. The molecule has 0 amide bonds. The Labute approximate surface area is 73.8 Å². The van der Waals surface area contributed by atoms with Gasteiger partial charge in [0.05, 0.1) is 0 Å². The smallest absolute Gasteiger partial charge is 0.115 e. The number of hydrogen-bond donors (Lipinski definition) is 0. The topological polar surface area (TPSA) is 0 Å². The molecule has 0 aliphatic rings. The third-order valence-corrected chi connectivity index (χ3v) is 3.10. The van der Waals surface area contributed by atoms with Gasteiger partial charge in [0.15, 0.2) is 0 Å². The summed E-state index contributed by atoms with van der Waals surface area (Å²) in [6.45, 7) is 6.94. The van der Waals surface area contributed by atoms with Crippen molar-refractivity contribution in [1.29, 1.82) is 0 Å². The van der Waals surface area contributed by atoms with Gasteiger partial charge in [-0.05, 0) is 5.92 Å². The van der Waals surface area contributed by atoms with E-state index in [1.54, 1.807) is 0 Å². The maximum absolute atomic E-state index is 2.84. The fraction of sp³-hybridized carbons (Fsp3) is 1.00. The predicted octanol–water partition coefficient (Wildman–Crippen LogP) is 3.04. The highest BCUT2D eigenvalue weighted by Crippen LogP contribution is 2.22. The van der Waals surface area contributed by atoms with Crippen molar-refractivity contribution in [3.63, 3.8) is 0 Å². The highest BCUT2D eigenvalue weighted by Gasteiger charge is 2.10. The van der Waals surface area contributed by atoms with E-state index in [4.69, 9.17) is 0 Å². The van der Waals surface area contributed by atoms with Crippen LogP contribution in [-0.2, 0) is 0 Å². The Balaban J connectivity index is 3.56. The molecule has 0 spiro atoms. The normalized spacial score (nSPS) is 16.7. The quantitative estimate of drug-likeness (QED) is 0.534. The van der Waals surface area contributed by atoms with Crippen LogP contribution < -0.4 is 0 Å². The summed E-state index contributed by atoms with van der Waals surface area (Å²) in [6, 6.07) is 0. The van der Waals surface area contributed by atoms with Crippen LogP contribution in [0.1, 0.15) is 40.0 Å². The maximum atomic E-state index is 2.84. The van der Waals surface area contributed by atoms with E-state index in [1.807, 2.05) is 0 Å². The fourth-order valence-electron chi connectivity index (χ4n) is 1.45. The lowest BCUT2D eigenvalue weighted by Crippen LogP contribution is -2.09. The van der Waals surface area contributed by atoms with E-state index < -0.39 is 0 Å². The molecule has 0 fully saturated rings. The van der Waals surface area contributed by atoms with Crippen molar-refractivity contribution >= 4 is 16.3 Å². The highest BCUT2D eigenvalue weighted by atomic mass is 27.0. The first kappa shape index (κ1) is 10.5. The van der Waals surface area contributed by atoms with Gasteiger partial charge in [0.2, 0.25) is 0 Å². The molecule has 0 nitrogen and oxygen atoms in total. The Morgan fingerprint density at radius 3 is 2.20 bits per heavy atom. The van der Waals surface area contributed by atoms with Crippen molar-refractivity contribution in [2.75, 3.05) is 0 Å². The summed E-state index contributed by atoms with van der Waals surface area (Å²) in [7, 11) is 0. The van der Waals surface area contributed by atoms with Crippen LogP contribution in [-0.4, -0.2) is 16.3 Å². The molecule has 0 saturated carbocycles. The summed E-state index contributed by atoms with van der Waals surface area (Å²) in [5.74, 6) is 1.86. The van der Waals surface area contributed by atoms with Gasteiger partial charge >= 0.3 is 0 Å². The first-order valence-corrected chi connectivity index (χ1v) is 5.27. The minimum Gasteiger partial charge on any atom is -0.115 e. The van der Waals surface area contributed by atoms with Gasteiger partial charge in [-0.15, -0.1) is 5.28 Å². The Hall–Kier alpha value is 0.532. The van der Waals surface area contributed by atoms with Gasteiger partial charge in [-0.2, -0.15) is 0 Å². The van der Waals surface area contributed by atoms with Crippen molar-refractivity contribution < 1.29 is 0 Å². The van der Waals surface area contributed by atoms with Crippen molar-refractivity contribution in [1.82, 2.24) is 0 Å². The second-order valence-electron chi connectivity index (χ2n) is 3.17. The van der Waals surface area contributed by atoms with Crippen LogP contribution >= 0.6 is 0 Å². The molecule has 0 rings (SSSR count). The average molecular weight is 154 g/mol. The Morgan fingerprint density at radius 1 is 1.30 bits per heavy atom. The molecule has 58 valence electrons. The van der Waals surface area contributed by atoms with E-state index >= 15 is 0 Å². The molecule has 2 radical (unpaired) electrons. The summed E-state index contributed by atoms with van der Waals surface area (Å²) in [6.07, 6.45) is 4.10. The van der Waals surface area contributed by atoms with Gasteiger partial charge < -0.3 is 0 Å². The van der Waals surface area contributed by atoms with Crippen LogP contribution in [0, 0.1) is 11.8 Å². The van der Waals surface area contributed by atoms with E-state index in [2.05, 4.69) is 37.1 Å². The molecule has 1 unspecified atom stereocenters. The van der Waals surface area contributed by atoms with Crippen LogP contribution in [0.4, 0.5) is 0 Å². The largest absolute Gasteiger partial charge is 0.118 e. The molecule has 0 heterocycles. The molecule has 0 N–H and O–H groups in total. The zero-order valence-corrected chi connectivity index (χ0v) is 8.72. The molecule has 0 aliphatic heterocycles. The van der Waals surface area contributed by atoms with Crippen LogP contribution in [0.2, 0.25) is 5.28 Å². The first-order valence-electron chi connectivity index (χ1n) is 4.46. The van der Waals surface area contributed by atoms with Gasteiger partial charge in [0, 0.05) is 0 Å². The van der Waals surface area contributed by atoms with Crippen molar-refractivity contribution in [3.8, 4) is 0 Å². The fourth-order valence-corrected chi connectivity index (χ4v) is 1.84. The van der Waals surface area contributed by atoms with E-state index in [1.165, 1.54) is 24.5 Å². The lowest BCUT2D eigenvalue weighted by molar-refractivity contribution is 0.346. The van der Waals surface area contributed by atoms with Gasteiger partial charge in [-0.25, -0.2) is 0 Å². The molecule has 0 bridgehead atoms. The van der Waals surface area contributed by atoms with E-state index in [0.29, 0.717) is 0 Å². The van der Waals surface area contributed by atoms with Crippen LogP contribution in [0.25, 0.3) is 0 Å². The van der Waals surface area contributed by atoms with Crippen molar-refractivity contribution in [2.24, 2.45) is 11.8 Å². The zero-order chi connectivity index (χ0) is 7.98. The summed E-state index contributed by atoms with van der Waals surface area (Å²) in [5.41, 5.74) is 0. The molecule has 2 atom stereocenters. The van der Waals surface area contributed by atoms with Gasteiger partial charge in [0.25, 0.3) is 0 Å². The number of hydrogen-bond acceptors (Lipinski definition) is 0. The first-order chi connectivity index (χ1) is 4.76. The average Bonchev–Trinajstić information content (AvgIpc) is 1.99. The van der Waals surface area contributed by atoms with Crippen molar-refractivity contribution in [2.45, 2.75) is 45.3 Å². The second kappa shape index (κ2) is 6.26. The van der Waals surface area contributed by atoms with Crippen LogP contribution in [0.15, 0.2) is 0 Å². The minimum atomic E-state index is 0.898. The summed E-state index contributed by atoms with van der Waals surface area (Å²) in [5, 5.41) is 1.26. The molecule has 0 aromatic rings. The monoisotopic (exact) mass is 154 g/mol. The molecule has 1 heteroatoms. The van der Waals surface area contributed by atoms with Crippen LogP contribution in [0.5, 0.6) is 0 Å². The third kappa shape index (κ3) is 3.64. The summed E-state index contributed by atoms with van der Waals surface area (Å²) >= 11 is 2.84. The Bertz CT molecular complexity index is 71.1. The molecule has 0 aliphatic carbocycles. The molecule has 10 heavy (non-hydrogen) atoms. The highest BCUT2D eigenvalue weighted by molar-refractivity contribution is 6.08. The lowest BCUT2D eigenvalue weighted by atomic mass is 9.89. The minimum absolute atomic E-state index is 0.898. The van der Waals surface area contributed by atoms with E-state index in [0.717, 1.165) is 11.8 Å². The van der Waals surface area contributed by atoms with Gasteiger partial charge in [-0.1, -0.05) is 46.0 Å². The maximum Gasteiger partial charge on any atom is 0.118 e. The Kier molecular flexibility index (Phi) is 6.59. The lowest BCUT2D eigenvalue weighted by Gasteiger charge is -2.20. The van der Waals surface area contributed by atoms with E-state index in [9.17, 15) is 0 Å². The predicted molar refractivity (Wildman–Crippen MR) is 48.4 cm³/mol. The van der Waals surface area contributed by atoms with Crippen molar-refractivity contribution in [3.05, 3.63) is 0 Å². The standard InChI is InChI=1S/C9H19.Al/c1-5-7-9(6-2)8(3)4;/h8-9H,3,5-7H2,1-2,4H3;/t8-,9?;/m0./s1. The zero-order valence-electron chi connectivity index (χ0n) is 7.56. The molecule has 0 saturated heterocycles. The van der Waals surface area contributed by atoms with E-state index in [-0.39, 0.29) is 0 Å². The third-order valence-electron chi connectivity index (χ3n) is 2.36. The summed E-state index contributed by atoms with van der Waals surface area (Å²) in [4.78, 5) is 0. The molecular formula is C9H19Al.